The monoisotopic (exact) mass is 283 g/mol. The Morgan fingerprint density at radius 2 is 2.00 bits per heavy atom. The van der Waals surface area contributed by atoms with Crippen LogP contribution in [-0.4, -0.2) is 20.7 Å². The van der Waals surface area contributed by atoms with E-state index in [4.69, 9.17) is 11.6 Å². The maximum absolute atomic E-state index is 11.1. The average Bonchev–Trinajstić information content (AvgIpc) is 2.67. The highest BCUT2D eigenvalue weighted by Gasteiger charge is 2.25. The largest absolute Gasteiger partial charge is 0.358 e. The molecule has 0 aliphatic carbocycles. The van der Waals surface area contributed by atoms with Gasteiger partial charge in [0.15, 0.2) is 5.69 Å². The van der Waals surface area contributed by atoms with Crippen LogP contribution in [0.4, 0.5) is 5.82 Å². The van der Waals surface area contributed by atoms with Crippen molar-refractivity contribution < 1.29 is 4.92 Å². The van der Waals surface area contributed by atoms with E-state index in [0.29, 0.717) is 21.4 Å². The van der Waals surface area contributed by atoms with Crippen LogP contribution < -0.4 is 0 Å². The predicted octanol–water partition coefficient (Wildman–Crippen LogP) is 3.37. The molecule has 0 bridgehead atoms. The highest BCUT2D eigenvalue weighted by atomic mass is 35.5. The zero-order chi connectivity index (χ0) is 13.3. The summed E-state index contributed by atoms with van der Waals surface area (Å²) in [5, 5.41) is 12.3. The van der Waals surface area contributed by atoms with Crippen LogP contribution in [0.15, 0.2) is 29.4 Å². The van der Waals surface area contributed by atoms with Gasteiger partial charge in [0, 0.05) is 10.6 Å². The molecule has 2 aromatic rings. The third-order valence-electron chi connectivity index (χ3n) is 2.50. The summed E-state index contributed by atoms with van der Waals surface area (Å²) in [5.41, 5.74) is 1.05. The van der Waals surface area contributed by atoms with Gasteiger partial charge in [0.2, 0.25) is 0 Å². The van der Waals surface area contributed by atoms with Gasteiger partial charge in [-0.05, 0) is 23.3 Å². The van der Waals surface area contributed by atoms with E-state index in [1.165, 1.54) is 16.3 Å². The van der Waals surface area contributed by atoms with Gasteiger partial charge in [-0.15, -0.1) is 0 Å². The van der Waals surface area contributed by atoms with Gasteiger partial charge >= 0.3 is 5.82 Å². The van der Waals surface area contributed by atoms with E-state index in [1.54, 1.807) is 31.3 Å². The molecule has 0 aliphatic rings. The Morgan fingerprint density at radius 1 is 1.39 bits per heavy atom. The van der Waals surface area contributed by atoms with E-state index in [-0.39, 0.29) is 5.82 Å². The molecular weight excluding hydrogens is 274 g/mol. The van der Waals surface area contributed by atoms with E-state index >= 15 is 0 Å². The minimum Gasteiger partial charge on any atom is -0.358 e. The number of benzene rings is 1. The van der Waals surface area contributed by atoms with Gasteiger partial charge < -0.3 is 10.1 Å². The van der Waals surface area contributed by atoms with E-state index in [2.05, 4.69) is 4.98 Å². The Labute approximate surface area is 113 Å². The number of halogens is 1. The van der Waals surface area contributed by atoms with Gasteiger partial charge in [0.25, 0.3) is 5.16 Å². The summed E-state index contributed by atoms with van der Waals surface area (Å²) < 4.78 is 1.48. The summed E-state index contributed by atoms with van der Waals surface area (Å²) in [7, 11) is 1.64. The van der Waals surface area contributed by atoms with Crippen LogP contribution in [0.3, 0.4) is 0 Å². The molecule has 5 nitrogen and oxygen atoms in total. The second-order valence-corrected chi connectivity index (χ2v) is 4.80. The maximum Gasteiger partial charge on any atom is 0.351 e. The first-order valence-corrected chi connectivity index (χ1v) is 6.66. The van der Waals surface area contributed by atoms with Crippen LogP contribution in [-0.2, 0) is 7.05 Å². The molecule has 18 heavy (non-hydrogen) atoms. The minimum atomic E-state index is -0.420. The lowest BCUT2D eigenvalue weighted by atomic mass is 10.1. The molecule has 1 aromatic heterocycles. The summed E-state index contributed by atoms with van der Waals surface area (Å²) in [5.74, 6) is -0.0123. The summed E-state index contributed by atoms with van der Waals surface area (Å²) in [6.07, 6.45) is 1.83. The Kier molecular flexibility index (Phi) is 3.58. The van der Waals surface area contributed by atoms with Crippen LogP contribution in [0.25, 0.3) is 11.3 Å². The first-order chi connectivity index (χ1) is 8.54. The lowest BCUT2D eigenvalue weighted by Crippen LogP contribution is -1.99. The Hall–Kier alpha value is -1.53. The number of hydrogen-bond donors (Lipinski definition) is 0. The number of aromatic nitrogens is 2. The van der Waals surface area contributed by atoms with E-state index in [9.17, 15) is 10.1 Å². The molecule has 0 unspecified atom stereocenters. The van der Waals surface area contributed by atoms with Crippen molar-refractivity contribution in [2.45, 2.75) is 5.16 Å². The lowest BCUT2D eigenvalue weighted by Gasteiger charge is -1.99. The maximum atomic E-state index is 11.1. The molecule has 0 saturated carbocycles. The molecule has 1 aromatic carbocycles. The van der Waals surface area contributed by atoms with Gasteiger partial charge in [-0.25, -0.2) is 4.57 Å². The molecule has 0 amide bonds. The zero-order valence-corrected chi connectivity index (χ0v) is 11.3. The van der Waals surface area contributed by atoms with Gasteiger partial charge in [0.1, 0.15) is 0 Å². The fourth-order valence-corrected chi connectivity index (χ4v) is 2.33. The van der Waals surface area contributed by atoms with Crippen molar-refractivity contribution in [2.24, 2.45) is 7.05 Å². The quantitative estimate of drug-likeness (QED) is 0.492. The van der Waals surface area contributed by atoms with Crippen molar-refractivity contribution in [3.63, 3.8) is 0 Å². The van der Waals surface area contributed by atoms with Gasteiger partial charge in [-0.2, -0.15) is 4.98 Å². The molecule has 2 rings (SSSR count). The highest BCUT2D eigenvalue weighted by molar-refractivity contribution is 7.98. The molecule has 0 atom stereocenters. The molecule has 0 spiro atoms. The lowest BCUT2D eigenvalue weighted by molar-refractivity contribution is -0.391. The van der Waals surface area contributed by atoms with Crippen LogP contribution >= 0.6 is 23.4 Å². The molecular formula is C11H10ClN3O2S. The Bertz CT molecular complexity index is 595. The summed E-state index contributed by atoms with van der Waals surface area (Å²) in [6, 6.07) is 6.83. The van der Waals surface area contributed by atoms with Gasteiger partial charge in [-0.1, -0.05) is 35.5 Å². The minimum absolute atomic E-state index is 0.0123. The highest BCUT2D eigenvalue weighted by Crippen LogP contribution is 2.32. The molecule has 0 N–H and O–H groups in total. The van der Waals surface area contributed by atoms with E-state index in [0.717, 1.165) is 0 Å². The number of nitrogens with zero attached hydrogens (tertiary/aromatic N) is 3. The Morgan fingerprint density at radius 3 is 2.50 bits per heavy atom. The van der Waals surface area contributed by atoms with Gasteiger partial charge in [0.05, 0.1) is 7.05 Å². The molecule has 1 heterocycles. The van der Waals surface area contributed by atoms with Crippen molar-refractivity contribution in [1.82, 2.24) is 9.55 Å². The standard InChI is InChI=1S/C11H10ClN3O2S/c1-14-10(15(16)17)9(13-11(14)18-2)7-3-5-8(12)6-4-7/h3-6H,1-2H3. The summed E-state index contributed by atoms with van der Waals surface area (Å²) in [6.45, 7) is 0. The smallest absolute Gasteiger partial charge is 0.351 e. The summed E-state index contributed by atoms with van der Waals surface area (Å²) >= 11 is 7.17. The van der Waals surface area contributed by atoms with Crippen molar-refractivity contribution in [1.29, 1.82) is 0 Å². The molecule has 0 saturated heterocycles. The van der Waals surface area contributed by atoms with E-state index < -0.39 is 4.92 Å². The number of imidazole rings is 1. The SMILES string of the molecule is CSc1nc(-c2ccc(Cl)cc2)c([N+](=O)[O-])n1C. The molecule has 0 fully saturated rings. The van der Waals surface area contributed by atoms with Crippen molar-refractivity contribution >= 4 is 29.2 Å². The van der Waals surface area contributed by atoms with Gasteiger partial charge in [-0.3, -0.25) is 0 Å². The first kappa shape index (κ1) is 12.9. The normalized spacial score (nSPS) is 10.6. The third kappa shape index (κ3) is 2.21. The number of hydrogen-bond acceptors (Lipinski definition) is 4. The molecule has 7 heteroatoms. The Balaban J connectivity index is 2.63. The zero-order valence-electron chi connectivity index (χ0n) is 9.75. The number of nitro groups is 1. The molecule has 0 aliphatic heterocycles. The van der Waals surface area contributed by atoms with Crippen molar-refractivity contribution in [2.75, 3.05) is 6.26 Å². The predicted molar refractivity (Wildman–Crippen MR) is 72.1 cm³/mol. The van der Waals surface area contributed by atoms with Crippen LogP contribution in [0.1, 0.15) is 0 Å². The first-order valence-electron chi connectivity index (χ1n) is 5.05. The van der Waals surface area contributed by atoms with E-state index in [1.807, 2.05) is 6.26 Å². The third-order valence-corrected chi connectivity index (χ3v) is 3.48. The van der Waals surface area contributed by atoms with Crippen LogP contribution in [0, 0.1) is 10.1 Å². The molecule has 94 valence electrons. The average molecular weight is 284 g/mol. The number of thioether (sulfide) groups is 1. The van der Waals surface area contributed by atoms with Crippen molar-refractivity contribution in [3.8, 4) is 11.3 Å². The van der Waals surface area contributed by atoms with Crippen LogP contribution in [0.2, 0.25) is 5.02 Å². The fourth-order valence-electron chi connectivity index (χ4n) is 1.66. The van der Waals surface area contributed by atoms with Crippen LogP contribution in [0.5, 0.6) is 0 Å². The van der Waals surface area contributed by atoms with Crippen molar-refractivity contribution in [3.05, 3.63) is 39.4 Å². The topological polar surface area (TPSA) is 61.0 Å². The summed E-state index contributed by atoms with van der Waals surface area (Å²) in [4.78, 5) is 15.0. The second kappa shape index (κ2) is 4.99. The fraction of sp³-hybridized carbons (Fsp3) is 0.182. The second-order valence-electron chi connectivity index (χ2n) is 3.59. The molecule has 0 radical (unpaired) electrons. The number of rotatable bonds is 3.